The monoisotopic (exact) mass is 369 g/mol. The number of hydrogen-bond acceptors (Lipinski definition) is 4. The molecule has 144 valence electrons. The Kier molecular flexibility index (Phi) is 6.85. The van der Waals surface area contributed by atoms with E-state index in [1.807, 2.05) is 37.3 Å². The molecule has 1 aliphatic heterocycles. The molecule has 2 aromatic carbocycles. The van der Waals surface area contributed by atoms with E-state index >= 15 is 0 Å². The van der Waals surface area contributed by atoms with Crippen LogP contribution in [0.4, 0.5) is 5.69 Å². The molecule has 5 heteroatoms. The molecule has 0 spiro atoms. The third kappa shape index (κ3) is 5.55. The van der Waals surface area contributed by atoms with Crippen LogP contribution in [0.25, 0.3) is 0 Å². The van der Waals surface area contributed by atoms with Crippen LogP contribution in [-0.4, -0.2) is 30.3 Å². The van der Waals surface area contributed by atoms with Gasteiger partial charge in [0.1, 0.15) is 5.75 Å². The van der Waals surface area contributed by atoms with Crippen molar-refractivity contribution in [3.8, 4) is 5.75 Å². The second-order valence-electron chi connectivity index (χ2n) is 6.86. The summed E-state index contributed by atoms with van der Waals surface area (Å²) in [5.41, 5.74) is 2.95. The summed E-state index contributed by atoms with van der Waals surface area (Å²) in [6.07, 6.45) is 4.38. The van der Waals surface area contributed by atoms with Gasteiger partial charge in [-0.2, -0.15) is 0 Å². The van der Waals surface area contributed by atoms with Crippen LogP contribution in [0.15, 0.2) is 42.5 Å². The van der Waals surface area contributed by atoms with Gasteiger partial charge in [0, 0.05) is 12.3 Å². The van der Waals surface area contributed by atoms with Crippen molar-refractivity contribution in [3.63, 3.8) is 0 Å². The number of carbonyl (C=O) groups excluding carboxylic acids is 1. The summed E-state index contributed by atoms with van der Waals surface area (Å²) in [5, 5.41) is 12.8. The van der Waals surface area contributed by atoms with E-state index in [4.69, 9.17) is 9.47 Å². The maximum Gasteiger partial charge on any atom is 0.259 e. The van der Waals surface area contributed by atoms with E-state index in [1.54, 1.807) is 12.1 Å². The van der Waals surface area contributed by atoms with Crippen molar-refractivity contribution < 1.29 is 19.4 Å². The van der Waals surface area contributed by atoms with Crippen LogP contribution >= 0.6 is 0 Å². The van der Waals surface area contributed by atoms with Crippen LogP contribution in [-0.2, 0) is 22.5 Å². The Morgan fingerprint density at radius 2 is 2.11 bits per heavy atom. The van der Waals surface area contributed by atoms with Crippen LogP contribution in [0.1, 0.15) is 47.7 Å². The smallest absolute Gasteiger partial charge is 0.259 e. The van der Waals surface area contributed by atoms with Gasteiger partial charge in [0.15, 0.2) is 0 Å². The fourth-order valence-corrected chi connectivity index (χ4v) is 3.17. The molecule has 1 amide bonds. The topological polar surface area (TPSA) is 67.8 Å². The number of amides is 1. The van der Waals surface area contributed by atoms with Crippen molar-refractivity contribution in [1.29, 1.82) is 0 Å². The second-order valence-corrected chi connectivity index (χ2v) is 6.86. The number of anilines is 1. The summed E-state index contributed by atoms with van der Waals surface area (Å²) >= 11 is 0. The normalized spacial score (nSPS) is 16.9. The first-order chi connectivity index (χ1) is 13.2. The third-order valence-corrected chi connectivity index (χ3v) is 4.75. The lowest BCUT2D eigenvalue weighted by molar-refractivity contribution is -0.0447. The number of phenols is 1. The van der Waals surface area contributed by atoms with Crippen molar-refractivity contribution >= 4 is 11.6 Å². The number of aryl methyl sites for hydroxylation is 1. The van der Waals surface area contributed by atoms with Crippen molar-refractivity contribution in [3.05, 3.63) is 59.2 Å². The Morgan fingerprint density at radius 3 is 2.89 bits per heavy atom. The Hall–Kier alpha value is -2.37. The lowest BCUT2D eigenvalue weighted by atomic mass is 10.1. The molecule has 2 aromatic rings. The molecule has 0 aliphatic carbocycles. The number of hydrogen-bond donors (Lipinski definition) is 2. The van der Waals surface area contributed by atoms with E-state index in [0.717, 1.165) is 37.0 Å². The zero-order chi connectivity index (χ0) is 19.1. The SMILES string of the molecule is CCc1ccc(O)c(C(=O)Nc2cccc(COCC3CCCCO3)c2)c1. The van der Waals surface area contributed by atoms with Crippen molar-refractivity contribution in [2.45, 2.75) is 45.3 Å². The number of benzene rings is 2. The summed E-state index contributed by atoms with van der Waals surface area (Å²) in [5.74, 6) is -0.340. The van der Waals surface area contributed by atoms with Crippen molar-refractivity contribution in [2.24, 2.45) is 0 Å². The molecule has 0 radical (unpaired) electrons. The molecule has 1 atom stereocenters. The quantitative estimate of drug-likeness (QED) is 0.764. The number of carbonyl (C=O) groups is 1. The molecule has 0 bridgehead atoms. The molecule has 27 heavy (non-hydrogen) atoms. The number of aromatic hydroxyl groups is 1. The van der Waals surface area contributed by atoms with Gasteiger partial charge in [-0.15, -0.1) is 0 Å². The van der Waals surface area contributed by atoms with Gasteiger partial charge in [0.2, 0.25) is 0 Å². The average molecular weight is 369 g/mol. The van der Waals surface area contributed by atoms with E-state index in [-0.39, 0.29) is 23.3 Å². The molecule has 1 fully saturated rings. The number of rotatable bonds is 7. The number of nitrogens with one attached hydrogen (secondary N) is 1. The van der Waals surface area contributed by atoms with Gasteiger partial charge in [-0.1, -0.05) is 25.1 Å². The van der Waals surface area contributed by atoms with Crippen LogP contribution in [0, 0.1) is 0 Å². The summed E-state index contributed by atoms with van der Waals surface area (Å²) in [6, 6.07) is 12.7. The van der Waals surface area contributed by atoms with Crippen LogP contribution in [0.2, 0.25) is 0 Å². The Labute approximate surface area is 160 Å². The molecule has 1 aliphatic rings. The van der Waals surface area contributed by atoms with Gasteiger partial charge in [0.25, 0.3) is 5.91 Å². The fourth-order valence-electron chi connectivity index (χ4n) is 3.17. The molecule has 5 nitrogen and oxygen atoms in total. The molecule has 3 rings (SSSR count). The van der Waals surface area contributed by atoms with Crippen LogP contribution in [0.3, 0.4) is 0 Å². The minimum atomic E-state index is -0.323. The lowest BCUT2D eigenvalue weighted by Gasteiger charge is -2.22. The standard InChI is InChI=1S/C22H27NO4/c1-2-16-9-10-21(24)20(13-16)22(25)23-18-7-5-6-17(12-18)14-26-15-19-8-3-4-11-27-19/h5-7,9-10,12-13,19,24H,2-4,8,11,14-15H2,1H3,(H,23,25). The van der Waals surface area contributed by atoms with E-state index in [0.29, 0.717) is 18.9 Å². The minimum absolute atomic E-state index is 0.0170. The molecule has 1 saturated heterocycles. The Morgan fingerprint density at radius 1 is 1.22 bits per heavy atom. The van der Waals surface area contributed by atoms with Gasteiger partial charge >= 0.3 is 0 Å². The number of phenolic OH excluding ortho intramolecular Hbond substituents is 1. The molecular weight excluding hydrogens is 342 g/mol. The van der Waals surface area contributed by atoms with E-state index in [1.165, 1.54) is 6.42 Å². The second kappa shape index (κ2) is 9.53. The maximum atomic E-state index is 12.5. The predicted octanol–water partition coefficient (Wildman–Crippen LogP) is 4.29. The highest BCUT2D eigenvalue weighted by Gasteiger charge is 2.14. The zero-order valence-electron chi connectivity index (χ0n) is 15.7. The number of ether oxygens (including phenoxy) is 2. The Balaban J connectivity index is 1.57. The zero-order valence-corrected chi connectivity index (χ0v) is 15.7. The van der Waals surface area contributed by atoms with Crippen molar-refractivity contribution in [1.82, 2.24) is 0 Å². The molecule has 1 unspecified atom stereocenters. The summed E-state index contributed by atoms with van der Waals surface area (Å²) < 4.78 is 11.4. The van der Waals surface area contributed by atoms with Crippen LogP contribution in [0.5, 0.6) is 5.75 Å². The largest absolute Gasteiger partial charge is 0.507 e. The Bertz CT molecular complexity index is 769. The first kappa shape index (κ1) is 19.4. The molecule has 0 aromatic heterocycles. The van der Waals surface area contributed by atoms with E-state index in [2.05, 4.69) is 5.32 Å². The maximum absolute atomic E-state index is 12.5. The first-order valence-corrected chi connectivity index (χ1v) is 9.57. The van der Waals surface area contributed by atoms with Gasteiger partial charge in [0.05, 0.1) is 24.9 Å². The molecule has 1 heterocycles. The summed E-state index contributed by atoms with van der Waals surface area (Å²) in [4.78, 5) is 12.5. The van der Waals surface area contributed by atoms with E-state index in [9.17, 15) is 9.90 Å². The van der Waals surface area contributed by atoms with Gasteiger partial charge in [-0.3, -0.25) is 4.79 Å². The predicted molar refractivity (Wildman–Crippen MR) is 105 cm³/mol. The van der Waals surface area contributed by atoms with E-state index < -0.39 is 0 Å². The third-order valence-electron chi connectivity index (χ3n) is 4.75. The highest BCUT2D eigenvalue weighted by molar-refractivity contribution is 6.06. The van der Waals surface area contributed by atoms with Crippen molar-refractivity contribution in [2.75, 3.05) is 18.5 Å². The average Bonchev–Trinajstić information content (AvgIpc) is 2.69. The van der Waals surface area contributed by atoms with Gasteiger partial charge < -0.3 is 19.9 Å². The highest BCUT2D eigenvalue weighted by atomic mass is 16.5. The van der Waals surface area contributed by atoms with Gasteiger partial charge in [-0.25, -0.2) is 0 Å². The van der Waals surface area contributed by atoms with Crippen LogP contribution < -0.4 is 5.32 Å². The minimum Gasteiger partial charge on any atom is -0.507 e. The molecule has 2 N–H and O–H groups in total. The lowest BCUT2D eigenvalue weighted by Crippen LogP contribution is -2.24. The summed E-state index contributed by atoms with van der Waals surface area (Å²) in [6.45, 7) is 3.89. The first-order valence-electron chi connectivity index (χ1n) is 9.57. The molecular formula is C22H27NO4. The highest BCUT2D eigenvalue weighted by Crippen LogP contribution is 2.21. The molecule has 0 saturated carbocycles. The fraction of sp³-hybridized carbons (Fsp3) is 0.409. The summed E-state index contributed by atoms with van der Waals surface area (Å²) in [7, 11) is 0. The van der Waals surface area contributed by atoms with Gasteiger partial charge in [-0.05, 0) is 61.1 Å².